The summed E-state index contributed by atoms with van der Waals surface area (Å²) in [7, 11) is 0. The Bertz CT molecular complexity index is 1210. The number of carbonyl (C=O) groups is 1. The molecular weight excluding hydrogens is 444 g/mol. The van der Waals surface area contributed by atoms with E-state index in [1.54, 1.807) is 33.8 Å². The second kappa shape index (κ2) is 9.62. The average molecular weight is 469 g/mol. The maximum Gasteiger partial charge on any atom is 0.246 e. The minimum Gasteiger partial charge on any atom is -0.454 e. The summed E-state index contributed by atoms with van der Waals surface area (Å²) in [5.41, 5.74) is 13.4. The van der Waals surface area contributed by atoms with Crippen molar-refractivity contribution in [3.63, 3.8) is 0 Å². The first-order chi connectivity index (χ1) is 16.3. The maximum absolute atomic E-state index is 13.9. The highest BCUT2D eigenvalue weighted by molar-refractivity contribution is 5.87. The van der Waals surface area contributed by atoms with E-state index in [1.165, 1.54) is 12.1 Å². The summed E-state index contributed by atoms with van der Waals surface area (Å²) in [6.07, 6.45) is 1.42. The van der Waals surface area contributed by atoms with E-state index in [-0.39, 0.29) is 29.1 Å². The molecule has 3 aromatic rings. The van der Waals surface area contributed by atoms with E-state index in [1.807, 2.05) is 0 Å². The summed E-state index contributed by atoms with van der Waals surface area (Å²) in [5, 5.41) is 14.8. The molecule has 178 valence electrons. The number of ether oxygens (including phenoxy) is 1. The van der Waals surface area contributed by atoms with Crippen molar-refractivity contribution in [3.8, 4) is 22.8 Å². The quantitative estimate of drug-likeness (QED) is 0.376. The number of anilines is 1. The molecule has 4 rings (SSSR count). The van der Waals surface area contributed by atoms with Crippen molar-refractivity contribution in [3.05, 3.63) is 72.3 Å². The highest BCUT2D eigenvalue weighted by Crippen LogP contribution is 2.35. The Hall–Kier alpha value is -3.76. The SMILES string of the molecule is C=CC(=O)N1CCCC(n2nc(-c3ccc(Oc4ccc(F)cc4F)cc3)c(C(N)O)c2N)C1. The van der Waals surface area contributed by atoms with Crippen molar-refractivity contribution in [2.75, 3.05) is 18.8 Å². The maximum atomic E-state index is 13.9. The van der Waals surface area contributed by atoms with Crippen molar-refractivity contribution in [1.82, 2.24) is 14.7 Å². The minimum absolute atomic E-state index is 0.114. The number of nitrogens with zero attached hydrogens (tertiary/aromatic N) is 3. The van der Waals surface area contributed by atoms with E-state index >= 15 is 0 Å². The monoisotopic (exact) mass is 469 g/mol. The summed E-state index contributed by atoms with van der Waals surface area (Å²) >= 11 is 0. The van der Waals surface area contributed by atoms with Crippen LogP contribution in [-0.2, 0) is 4.79 Å². The van der Waals surface area contributed by atoms with Crippen LogP contribution in [0, 0.1) is 11.6 Å². The molecule has 1 aliphatic rings. The number of nitrogens with two attached hydrogens (primary N) is 2. The molecule has 0 saturated carbocycles. The zero-order chi connectivity index (χ0) is 24.4. The molecule has 8 nitrogen and oxygen atoms in total. The van der Waals surface area contributed by atoms with Crippen molar-refractivity contribution in [2.45, 2.75) is 25.1 Å². The number of aromatic nitrogens is 2. The highest BCUT2D eigenvalue weighted by atomic mass is 19.1. The lowest BCUT2D eigenvalue weighted by atomic mass is 10.0. The van der Waals surface area contributed by atoms with Crippen LogP contribution in [0.4, 0.5) is 14.6 Å². The molecule has 1 amide bonds. The molecule has 1 saturated heterocycles. The van der Waals surface area contributed by atoms with E-state index in [0.717, 1.165) is 25.0 Å². The van der Waals surface area contributed by atoms with Gasteiger partial charge in [0.1, 0.15) is 29.3 Å². The van der Waals surface area contributed by atoms with Gasteiger partial charge in [0.15, 0.2) is 11.6 Å². The number of carbonyl (C=O) groups excluding carboxylic acids is 1. The molecule has 0 aliphatic carbocycles. The van der Waals surface area contributed by atoms with Crippen LogP contribution in [-0.4, -0.2) is 38.8 Å². The first kappa shape index (κ1) is 23.4. The van der Waals surface area contributed by atoms with Gasteiger partial charge in [0, 0.05) is 24.7 Å². The predicted octanol–water partition coefficient (Wildman–Crippen LogP) is 3.50. The normalized spacial score (nSPS) is 16.8. The van der Waals surface area contributed by atoms with Gasteiger partial charge in [-0.25, -0.2) is 13.5 Å². The fraction of sp³-hybridized carbons (Fsp3) is 0.250. The molecule has 1 aliphatic heterocycles. The first-order valence-corrected chi connectivity index (χ1v) is 10.7. The number of hydrogen-bond acceptors (Lipinski definition) is 6. The van der Waals surface area contributed by atoms with Gasteiger partial charge in [-0.05, 0) is 55.3 Å². The Balaban J connectivity index is 1.62. The standard InChI is InChI=1S/C24H25F2N5O3/c1-2-20(32)30-11-3-4-16(13-30)31-23(27)21(24(28)33)22(29-31)14-5-8-17(9-6-14)34-19-10-7-15(25)12-18(19)26/h2,5-10,12,16,24,33H,1,3-4,11,13,27-28H2. The highest BCUT2D eigenvalue weighted by Gasteiger charge is 2.29. The Labute approximate surface area is 195 Å². The van der Waals surface area contributed by atoms with Crippen LogP contribution in [0.15, 0.2) is 55.1 Å². The molecule has 0 bridgehead atoms. The molecular formula is C24H25F2N5O3. The lowest BCUT2D eigenvalue weighted by Crippen LogP contribution is -2.40. The summed E-state index contributed by atoms with van der Waals surface area (Å²) < 4.78 is 34.1. The molecule has 34 heavy (non-hydrogen) atoms. The topological polar surface area (TPSA) is 120 Å². The molecule has 2 unspecified atom stereocenters. The molecule has 2 atom stereocenters. The van der Waals surface area contributed by atoms with Crippen molar-refractivity contribution in [1.29, 1.82) is 0 Å². The van der Waals surface area contributed by atoms with Gasteiger partial charge in [0.25, 0.3) is 0 Å². The third-order valence-electron chi connectivity index (χ3n) is 5.76. The molecule has 0 radical (unpaired) electrons. The van der Waals surface area contributed by atoms with E-state index in [4.69, 9.17) is 16.2 Å². The van der Waals surface area contributed by atoms with Crippen molar-refractivity contribution < 1.29 is 23.4 Å². The second-order valence-electron chi connectivity index (χ2n) is 8.02. The zero-order valence-corrected chi connectivity index (χ0v) is 18.3. The van der Waals surface area contributed by atoms with Crippen LogP contribution in [0.5, 0.6) is 11.5 Å². The van der Waals surface area contributed by atoms with Gasteiger partial charge < -0.3 is 26.2 Å². The van der Waals surface area contributed by atoms with E-state index < -0.39 is 17.9 Å². The Kier molecular flexibility index (Phi) is 6.62. The fourth-order valence-electron chi connectivity index (χ4n) is 4.09. The average Bonchev–Trinajstić information content (AvgIpc) is 3.18. The molecule has 2 heterocycles. The van der Waals surface area contributed by atoms with Gasteiger partial charge in [-0.3, -0.25) is 4.79 Å². The predicted molar refractivity (Wildman–Crippen MR) is 123 cm³/mol. The van der Waals surface area contributed by atoms with Crippen LogP contribution in [0.25, 0.3) is 11.3 Å². The Morgan fingerprint density at radius 2 is 2.00 bits per heavy atom. The molecule has 1 fully saturated rings. The summed E-state index contributed by atoms with van der Waals surface area (Å²) in [6, 6.07) is 9.37. The number of aliphatic hydroxyl groups is 1. The minimum atomic E-state index is -1.37. The smallest absolute Gasteiger partial charge is 0.246 e. The number of benzene rings is 2. The lowest BCUT2D eigenvalue weighted by molar-refractivity contribution is -0.127. The van der Waals surface area contributed by atoms with Crippen LogP contribution in [0.1, 0.15) is 30.7 Å². The third-order valence-corrected chi connectivity index (χ3v) is 5.76. The van der Waals surface area contributed by atoms with Crippen molar-refractivity contribution in [2.24, 2.45) is 5.73 Å². The Morgan fingerprint density at radius 1 is 1.26 bits per heavy atom. The molecule has 0 spiro atoms. The van der Waals surface area contributed by atoms with Gasteiger partial charge in [0.2, 0.25) is 5.91 Å². The van der Waals surface area contributed by atoms with Gasteiger partial charge in [-0.2, -0.15) is 5.10 Å². The van der Waals surface area contributed by atoms with Crippen LogP contribution < -0.4 is 16.2 Å². The number of likely N-dealkylation sites (tertiary alicyclic amines) is 1. The summed E-state index contributed by atoms with van der Waals surface area (Å²) in [5.74, 6) is -1.25. The number of piperidine rings is 1. The molecule has 2 aromatic carbocycles. The zero-order valence-electron chi connectivity index (χ0n) is 18.3. The second-order valence-corrected chi connectivity index (χ2v) is 8.02. The number of aliphatic hydroxyl groups excluding tert-OH is 1. The largest absolute Gasteiger partial charge is 0.454 e. The number of amides is 1. The van der Waals surface area contributed by atoms with Crippen molar-refractivity contribution >= 4 is 11.7 Å². The van der Waals surface area contributed by atoms with Gasteiger partial charge >= 0.3 is 0 Å². The molecule has 5 N–H and O–H groups in total. The summed E-state index contributed by atoms with van der Waals surface area (Å²) in [6.45, 7) is 4.57. The number of nitrogen functional groups attached to an aromatic ring is 1. The molecule has 1 aromatic heterocycles. The van der Waals surface area contributed by atoms with Crippen LogP contribution in [0.2, 0.25) is 0 Å². The van der Waals surface area contributed by atoms with Gasteiger partial charge in [0.05, 0.1) is 11.6 Å². The number of rotatable bonds is 6. The van der Waals surface area contributed by atoms with Gasteiger partial charge in [-0.1, -0.05) is 6.58 Å². The number of hydrogen-bond donors (Lipinski definition) is 3. The third kappa shape index (κ3) is 4.63. The number of halogens is 2. The first-order valence-electron chi connectivity index (χ1n) is 10.7. The van der Waals surface area contributed by atoms with E-state index in [9.17, 15) is 18.7 Å². The lowest BCUT2D eigenvalue weighted by Gasteiger charge is -2.32. The summed E-state index contributed by atoms with van der Waals surface area (Å²) in [4.78, 5) is 13.7. The van der Waals surface area contributed by atoms with E-state index in [2.05, 4.69) is 11.7 Å². The van der Waals surface area contributed by atoms with Gasteiger partial charge in [-0.15, -0.1) is 0 Å². The fourth-order valence-corrected chi connectivity index (χ4v) is 4.09. The Morgan fingerprint density at radius 3 is 2.65 bits per heavy atom. The van der Waals surface area contributed by atoms with Crippen LogP contribution in [0.3, 0.4) is 0 Å². The molecule has 10 heteroatoms. The van der Waals surface area contributed by atoms with E-state index in [0.29, 0.717) is 30.1 Å². The van der Waals surface area contributed by atoms with Crippen LogP contribution >= 0.6 is 0 Å².